The first-order chi connectivity index (χ1) is 6.67. The molecule has 1 rings (SSSR count). The van der Waals surface area contributed by atoms with Crippen molar-refractivity contribution in [1.29, 1.82) is 0 Å². The van der Waals surface area contributed by atoms with Crippen LogP contribution in [0.5, 0.6) is 0 Å². The molecule has 1 unspecified atom stereocenters. The van der Waals surface area contributed by atoms with Gasteiger partial charge in [0.25, 0.3) is 0 Å². The second kappa shape index (κ2) is 4.06. The van der Waals surface area contributed by atoms with Crippen LogP contribution < -0.4 is 0 Å². The maximum absolute atomic E-state index is 2.56. The Morgan fingerprint density at radius 2 is 1.53 bits per heavy atom. The third kappa shape index (κ3) is 2.73. The zero-order valence-corrected chi connectivity index (χ0v) is 11.6. The highest BCUT2D eigenvalue weighted by molar-refractivity contribution is 4.94. The van der Waals surface area contributed by atoms with Crippen LogP contribution in [0.1, 0.15) is 47.5 Å². The van der Waals surface area contributed by atoms with E-state index in [-0.39, 0.29) is 5.54 Å². The van der Waals surface area contributed by atoms with Gasteiger partial charge in [-0.15, -0.1) is 0 Å². The normalized spacial score (nSPS) is 33.4. The first-order valence-electron chi connectivity index (χ1n) is 6.11. The van der Waals surface area contributed by atoms with Gasteiger partial charge in [0.05, 0.1) is 0 Å². The molecule has 0 bridgehead atoms. The van der Waals surface area contributed by atoms with E-state index in [4.69, 9.17) is 0 Å². The third-order valence-corrected chi connectivity index (χ3v) is 4.44. The van der Waals surface area contributed by atoms with Crippen molar-refractivity contribution in [3.8, 4) is 0 Å². The molecule has 0 radical (unpaired) electrons. The van der Waals surface area contributed by atoms with Gasteiger partial charge in [-0.25, -0.2) is 0 Å². The largest absolute Gasteiger partial charge is 0.304 e. The number of nitrogens with zero attached hydrogens (tertiary/aromatic N) is 2. The summed E-state index contributed by atoms with van der Waals surface area (Å²) in [6.07, 6.45) is 2.48. The summed E-state index contributed by atoms with van der Waals surface area (Å²) in [6, 6.07) is 0.679. The number of hydrogen-bond donors (Lipinski definition) is 0. The van der Waals surface area contributed by atoms with Crippen LogP contribution in [0.25, 0.3) is 0 Å². The summed E-state index contributed by atoms with van der Waals surface area (Å²) in [7, 11) is 4.53. The molecule has 1 aliphatic rings. The molecule has 1 atom stereocenters. The molecule has 0 amide bonds. The Labute approximate surface area is 95.6 Å². The molecule has 0 aliphatic carbocycles. The average Bonchev–Trinajstić information content (AvgIpc) is 2.11. The predicted octanol–water partition coefficient (Wildman–Crippen LogP) is 2.59. The molecular weight excluding hydrogens is 184 g/mol. The molecular formula is C13H28N2. The van der Waals surface area contributed by atoms with Crippen molar-refractivity contribution in [1.82, 2.24) is 9.80 Å². The minimum absolute atomic E-state index is 0.289. The fourth-order valence-corrected chi connectivity index (χ4v) is 2.67. The topological polar surface area (TPSA) is 6.48 Å². The van der Waals surface area contributed by atoms with Gasteiger partial charge in [0.2, 0.25) is 0 Å². The second-order valence-electron chi connectivity index (χ2n) is 6.47. The minimum Gasteiger partial charge on any atom is -0.304 e. The van der Waals surface area contributed by atoms with Gasteiger partial charge in [0.1, 0.15) is 0 Å². The van der Waals surface area contributed by atoms with Crippen LogP contribution in [-0.4, -0.2) is 47.6 Å². The van der Waals surface area contributed by atoms with Gasteiger partial charge in [0.15, 0.2) is 0 Å². The van der Waals surface area contributed by atoms with Gasteiger partial charge in [-0.05, 0) is 68.1 Å². The van der Waals surface area contributed by atoms with Crippen molar-refractivity contribution >= 4 is 0 Å². The van der Waals surface area contributed by atoms with Crippen LogP contribution in [0, 0.1) is 0 Å². The van der Waals surface area contributed by atoms with Gasteiger partial charge in [-0.1, -0.05) is 0 Å². The first-order valence-corrected chi connectivity index (χ1v) is 6.11. The van der Waals surface area contributed by atoms with Gasteiger partial charge >= 0.3 is 0 Å². The van der Waals surface area contributed by atoms with Crippen LogP contribution in [0.2, 0.25) is 0 Å². The van der Waals surface area contributed by atoms with Crippen molar-refractivity contribution < 1.29 is 0 Å². The zero-order valence-electron chi connectivity index (χ0n) is 11.6. The maximum atomic E-state index is 2.56. The molecule has 0 N–H and O–H groups in total. The number of rotatable bonds is 0. The zero-order chi connectivity index (χ0) is 11.9. The van der Waals surface area contributed by atoms with E-state index in [2.05, 4.69) is 58.5 Å². The van der Waals surface area contributed by atoms with E-state index >= 15 is 0 Å². The Hall–Kier alpha value is -0.0800. The van der Waals surface area contributed by atoms with Crippen molar-refractivity contribution in [3.63, 3.8) is 0 Å². The van der Waals surface area contributed by atoms with Crippen LogP contribution in [0.4, 0.5) is 0 Å². The molecule has 1 saturated heterocycles. The van der Waals surface area contributed by atoms with E-state index < -0.39 is 0 Å². The quantitative estimate of drug-likeness (QED) is 0.609. The van der Waals surface area contributed by atoms with Gasteiger partial charge in [0, 0.05) is 17.1 Å². The Morgan fingerprint density at radius 1 is 1.00 bits per heavy atom. The molecule has 1 fully saturated rings. The molecule has 2 nitrogen and oxygen atoms in total. The summed E-state index contributed by atoms with van der Waals surface area (Å²) >= 11 is 0. The molecule has 1 aliphatic heterocycles. The summed E-state index contributed by atoms with van der Waals surface area (Å²) in [5, 5.41) is 0. The lowest BCUT2D eigenvalue weighted by Gasteiger charge is -2.51. The summed E-state index contributed by atoms with van der Waals surface area (Å²) in [4.78, 5) is 5.06. The molecule has 2 heteroatoms. The van der Waals surface area contributed by atoms with Crippen molar-refractivity contribution in [2.24, 2.45) is 0 Å². The maximum Gasteiger partial charge on any atom is 0.0170 e. The van der Waals surface area contributed by atoms with E-state index in [1.807, 2.05) is 0 Å². The summed E-state index contributed by atoms with van der Waals surface area (Å²) < 4.78 is 0. The highest BCUT2D eigenvalue weighted by Gasteiger charge is 2.38. The molecule has 0 saturated carbocycles. The average molecular weight is 212 g/mol. The number of hydrogen-bond acceptors (Lipinski definition) is 2. The lowest BCUT2D eigenvalue weighted by Crippen LogP contribution is -2.58. The van der Waals surface area contributed by atoms with Gasteiger partial charge < -0.3 is 4.90 Å². The smallest absolute Gasteiger partial charge is 0.0170 e. The van der Waals surface area contributed by atoms with Crippen LogP contribution >= 0.6 is 0 Å². The molecule has 0 aromatic heterocycles. The van der Waals surface area contributed by atoms with E-state index in [0.717, 1.165) is 0 Å². The fourth-order valence-electron chi connectivity index (χ4n) is 2.67. The van der Waals surface area contributed by atoms with E-state index in [1.165, 1.54) is 19.4 Å². The van der Waals surface area contributed by atoms with Crippen LogP contribution in [0.3, 0.4) is 0 Å². The lowest BCUT2D eigenvalue weighted by atomic mass is 9.85. The van der Waals surface area contributed by atoms with E-state index in [0.29, 0.717) is 11.6 Å². The molecule has 0 aromatic carbocycles. The Kier molecular flexibility index (Phi) is 3.52. The molecule has 0 spiro atoms. The fraction of sp³-hybridized carbons (Fsp3) is 1.00. The SMILES string of the molecule is CC1CC(C)(C)N(C)C(C)(C)CCN1C. The molecule has 15 heavy (non-hydrogen) atoms. The summed E-state index contributed by atoms with van der Waals surface area (Å²) in [5.41, 5.74) is 0.593. The van der Waals surface area contributed by atoms with Crippen molar-refractivity contribution in [3.05, 3.63) is 0 Å². The molecule has 1 heterocycles. The highest BCUT2D eigenvalue weighted by Crippen LogP contribution is 2.32. The van der Waals surface area contributed by atoms with Crippen molar-refractivity contribution in [2.45, 2.75) is 64.6 Å². The van der Waals surface area contributed by atoms with Crippen molar-refractivity contribution in [2.75, 3.05) is 20.6 Å². The van der Waals surface area contributed by atoms with Crippen LogP contribution in [-0.2, 0) is 0 Å². The lowest BCUT2D eigenvalue weighted by molar-refractivity contribution is -0.00790. The Morgan fingerprint density at radius 3 is 2.07 bits per heavy atom. The van der Waals surface area contributed by atoms with Gasteiger partial charge in [-0.3, -0.25) is 4.90 Å². The summed E-state index contributed by atoms with van der Waals surface area (Å²) in [5.74, 6) is 0. The minimum atomic E-state index is 0.289. The Balaban J connectivity index is 2.90. The standard InChI is InChI=1S/C13H28N2/c1-11-10-13(4,5)15(7)12(2,3)8-9-14(11)6/h11H,8-10H2,1-7H3. The Bertz CT molecular complexity index is 221. The summed E-state index contributed by atoms with van der Waals surface area (Å²) in [6.45, 7) is 13.0. The van der Waals surface area contributed by atoms with Gasteiger partial charge in [-0.2, -0.15) is 0 Å². The van der Waals surface area contributed by atoms with E-state index in [1.54, 1.807) is 0 Å². The predicted molar refractivity (Wildman–Crippen MR) is 67.2 cm³/mol. The van der Waals surface area contributed by atoms with E-state index in [9.17, 15) is 0 Å². The monoisotopic (exact) mass is 212 g/mol. The highest BCUT2D eigenvalue weighted by atomic mass is 15.3. The second-order valence-corrected chi connectivity index (χ2v) is 6.47. The first kappa shape index (κ1) is 13.0. The van der Waals surface area contributed by atoms with Crippen LogP contribution in [0.15, 0.2) is 0 Å². The molecule has 90 valence electrons. The third-order valence-electron chi connectivity index (χ3n) is 4.44. The molecule has 0 aromatic rings.